The SMILES string of the molecule is Cc1noc(C)c1C(=O)NC1CC(C)(C)Cc2c1cnn2-c1ccc(F)cc1. The summed E-state index contributed by atoms with van der Waals surface area (Å²) in [5.41, 5.74) is 3.86. The number of aromatic nitrogens is 3. The molecule has 0 bridgehead atoms. The van der Waals surface area contributed by atoms with E-state index in [-0.39, 0.29) is 23.2 Å². The van der Waals surface area contributed by atoms with Crippen LogP contribution >= 0.6 is 0 Å². The third-order valence-corrected chi connectivity index (χ3v) is 5.32. The fourth-order valence-corrected chi connectivity index (χ4v) is 4.01. The van der Waals surface area contributed by atoms with Crippen molar-refractivity contribution in [3.05, 3.63) is 64.6 Å². The monoisotopic (exact) mass is 382 g/mol. The quantitative estimate of drug-likeness (QED) is 0.741. The van der Waals surface area contributed by atoms with Crippen LogP contribution in [-0.4, -0.2) is 20.8 Å². The lowest BCUT2D eigenvalue weighted by molar-refractivity contribution is 0.0917. The van der Waals surface area contributed by atoms with Gasteiger partial charge in [0.2, 0.25) is 0 Å². The molecule has 6 nitrogen and oxygen atoms in total. The van der Waals surface area contributed by atoms with Crippen LogP contribution in [0.4, 0.5) is 4.39 Å². The van der Waals surface area contributed by atoms with Crippen molar-refractivity contribution in [2.75, 3.05) is 0 Å². The molecular formula is C21H23FN4O2. The summed E-state index contributed by atoms with van der Waals surface area (Å²) in [4.78, 5) is 12.9. The third kappa shape index (κ3) is 3.21. The first kappa shape index (κ1) is 18.4. The van der Waals surface area contributed by atoms with Gasteiger partial charge in [0.25, 0.3) is 5.91 Å². The van der Waals surface area contributed by atoms with Crippen LogP contribution in [0.1, 0.15) is 59.4 Å². The summed E-state index contributed by atoms with van der Waals surface area (Å²) >= 11 is 0. The molecular weight excluding hydrogens is 359 g/mol. The molecule has 2 aromatic heterocycles. The highest BCUT2D eigenvalue weighted by Crippen LogP contribution is 2.41. The second-order valence-corrected chi connectivity index (χ2v) is 8.21. The van der Waals surface area contributed by atoms with E-state index in [1.165, 1.54) is 12.1 Å². The lowest BCUT2D eigenvalue weighted by Gasteiger charge is -2.36. The molecule has 0 aliphatic heterocycles. The average Bonchev–Trinajstić information content (AvgIpc) is 3.18. The Labute approximate surface area is 162 Å². The van der Waals surface area contributed by atoms with Crippen molar-refractivity contribution in [1.82, 2.24) is 20.3 Å². The van der Waals surface area contributed by atoms with Gasteiger partial charge in [0.1, 0.15) is 17.1 Å². The van der Waals surface area contributed by atoms with Crippen LogP contribution in [-0.2, 0) is 6.42 Å². The van der Waals surface area contributed by atoms with Crippen LogP contribution in [0.15, 0.2) is 35.0 Å². The van der Waals surface area contributed by atoms with Crippen LogP contribution in [0.5, 0.6) is 0 Å². The Hall–Kier alpha value is -2.96. The molecule has 0 spiro atoms. The van der Waals surface area contributed by atoms with E-state index in [1.807, 2.05) is 4.68 Å². The van der Waals surface area contributed by atoms with E-state index in [1.54, 1.807) is 32.2 Å². The van der Waals surface area contributed by atoms with E-state index < -0.39 is 0 Å². The van der Waals surface area contributed by atoms with Gasteiger partial charge in [-0.25, -0.2) is 9.07 Å². The molecule has 0 saturated carbocycles. The summed E-state index contributed by atoms with van der Waals surface area (Å²) in [7, 11) is 0. The van der Waals surface area contributed by atoms with Gasteiger partial charge in [0.05, 0.1) is 29.3 Å². The summed E-state index contributed by atoms with van der Waals surface area (Å²) < 4.78 is 20.3. The predicted molar refractivity (Wildman–Crippen MR) is 102 cm³/mol. The average molecular weight is 382 g/mol. The van der Waals surface area contributed by atoms with Crippen molar-refractivity contribution in [2.45, 2.75) is 46.6 Å². The first-order valence-corrected chi connectivity index (χ1v) is 9.32. The number of fused-ring (bicyclic) bond motifs is 1. The summed E-state index contributed by atoms with van der Waals surface area (Å²) in [5.74, 6) is 0.0291. The van der Waals surface area contributed by atoms with E-state index in [9.17, 15) is 9.18 Å². The van der Waals surface area contributed by atoms with E-state index in [4.69, 9.17) is 4.52 Å². The topological polar surface area (TPSA) is 73.0 Å². The van der Waals surface area contributed by atoms with Gasteiger partial charge in [-0.05, 0) is 56.4 Å². The van der Waals surface area contributed by atoms with Crippen molar-refractivity contribution in [3.8, 4) is 5.69 Å². The molecule has 1 aromatic carbocycles. The molecule has 0 saturated heterocycles. The molecule has 1 aliphatic rings. The molecule has 1 amide bonds. The first-order chi connectivity index (χ1) is 13.2. The van der Waals surface area contributed by atoms with Crippen LogP contribution in [0.25, 0.3) is 5.69 Å². The molecule has 146 valence electrons. The van der Waals surface area contributed by atoms with Gasteiger partial charge in [-0.15, -0.1) is 0 Å². The maximum Gasteiger partial charge on any atom is 0.257 e. The largest absolute Gasteiger partial charge is 0.361 e. The standard InChI is InChI=1S/C21H23FN4O2/c1-12-19(13(2)28-25-12)20(27)24-17-9-21(3,4)10-18-16(17)11-23-26(18)15-7-5-14(22)6-8-15/h5-8,11,17H,9-10H2,1-4H3,(H,24,27). The molecule has 3 aromatic rings. The molecule has 0 fully saturated rings. The Morgan fingerprint density at radius 2 is 2.00 bits per heavy atom. The number of nitrogens with one attached hydrogen (secondary N) is 1. The van der Waals surface area contributed by atoms with Gasteiger partial charge >= 0.3 is 0 Å². The van der Waals surface area contributed by atoms with Crippen molar-refractivity contribution in [2.24, 2.45) is 5.41 Å². The minimum absolute atomic E-state index is 0.0263. The first-order valence-electron chi connectivity index (χ1n) is 9.32. The Morgan fingerprint density at radius 1 is 1.29 bits per heavy atom. The zero-order valence-electron chi connectivity index (χ0n) is 16.4. The van der Waals surface area contributed by atoms with Gasteiger partial charge in [0, 0.05) is 5.56 Å². The predicted octanol–water partition coefficient (Wildman–Crippen LogP) is 4.06. The summed E-state index contributed by atoms with van der Waals surface area (Å²) in [6.45, 7) is 7.84. The Balaban J connectivity index is 1.70. The zero-order chi connectivity index (χ0) is 20.1. The molecule has 7 heteroatoms. The molecule has 28 heavy (non-hydrogen) atoms. The summed E-state index contributed by atoms with van der Waals surface area (Å²) in [6, 6.07) is 6.10. The number of hydrogen-bond acceptors (Lipinski definition) is 4. The Morgan fingerprint density at radius 3 is 2.64 bits per heavy atom. The highest BCUT2D eigenvalue weighted by Gasteiger charge is 2.36. The van der Waals surface area contributed by atoms with E-state index >= 15 is 0 Å². The van der Waals surface area contributed by atoms with Gasteiger partial charge in [-0.2, -0.15) is 5.10 Å². The second-order valence-electron chi connectivity index (χ2n) is 8.21. The van der Waals surface area contributed by atoms with Gasteiger partial charge in [-0.3, -0.25) is 4.79 Å². The molecule has 1 aliphatic carbocycles. The summed E-state index contributed by atoms with van der Waals surface area (Å²) in [6.07, 6.45) is 3.41. The number of aryl methyl sites for hydroxylation is 2. The number of hydrogen-bond donors (Lipinski definition) is 1. The van der Waals surface area contributed by atoms with Crippen molar-refractivity contribution < 1.29 is 13.7 Å². The number of carbonyl (C=O) groups is 1. The minimum atomic E-state index is -0.283. The van der Waals surface area contributed by atoms with E-state index in [0.29, 0.717) is 17.0 Å². The van der Waals surface area contributed by atoms with Crippen LogP contribution < -0.4 is 5.32 Å². The molecule has 1 unspecified atom stereocenters. The van der Waals surface area contributed by atoms with Crippen LogP contribution in [0.2, 0.25) is 0 Å². The number of amides is 1. The van der Waals surface area contributed by atoms with Gasteiger partial charge in [0.15, 0.2) is 0 Å². The molecule has 1 N–H and O–H groups in total. The molecule has 1 atom stereocenters. The third-order valence-electron chi connectivity index (χ3n) is 5.32. The Bertz CT molecular complexity index is 1010. The lowest BCUT2D eigenvalue weighted by Crippen LogP contribution is -2.37. The fourth-order valence-electron chi connectivity index (χ4n) is 4.01. The van der Waals surface area contributed by atoms with Crippen molar-refractivity contribution >= 4 is 5.91 Å². The van der Waals surface area contributed by atoms with Crippen molar-refractivity contribution in [3.63, 3.8) is 0 Å². The maximum absolute atomic E-state index is 13.3. The maximum atomic E-state index is 13.3. The normalized spacial score (nSPS) is 18.0. The van der Waals surface area contributed by atoms with Crippen LogP contribution in [0.3, 0.4) is 0 Å². The molecule has 2 heterocycles. The number of carbonyl (C=O) groups excluding carboxylic acids is 1. The fraction of sp³-hybridized carbons (Fsp3) is 0.381. The number of halogens is 1. The number of benzene rings is 1. The van der Waals surface area contributed by atoms with Crippen LogP contribution in [0, 0.1) is 25.1 Å². The van der Waals surface area contributed by atoms with Gasteiger partial charge < -0.3 is 9.84 Å². The lowest BCUT2D eigenvalue weighted by atomic mass is 9.74. The second kappa shape index (κ2) is 6.58. The van der Waals surface area contributed by atoms with Crippen molar-refractivity contribution in [1.29, 1.82) is 0 Å². The van der Waals surface area contributed by atoms with Gasteiger partial charge in [-0.1, -0.05) is 19.0 Å². The van der Waals surface area contributed by atoms with E-state index in [2.05, 4.69) is 29.4 Å². The number of rotatable bonds is 3. The highest BCUT2D eigenvalue weighted by atomic mass is 19.1. The molecule has 0 radical (unpaired) electrons. The number of nitrogens with zero attached hydrogens (tertiary/aromatic N) is 3. The summed E-state index contributed by atoms with van der Waals surface area (Å²) in [5, 5.41) is 11.5. The highest BCUT2D eigenvalue weighted by molar-refractivity contribution is 5.96. The Kier molecular flexibility index (Phi) is 4.33. The zero-order valence-corrected chi connectivity index (χ0v) is 16.4. The smallest absolute Gasteiger partial charge is 0.257 e. The van der Waals surface area contributed by atoms with E-state index in [0.717, 1.165) is 29.8 Å². The minimum Gasteiger partial charge on any atom is -0.361 e. The molecule has 4 rings (SSSR count).